The maximum Gasteiger partial charge on any atom is 0.145 e. The normalized spacial score (nSPS) is 16.1. The van der Waals surface area contributed by atoms with E-state index in [4.69, 9.17) is 4.99 Å². The van der Waals surface area contributed by atoms with Crippen LogP contribution in [0.3, 0.4) is 0 Å². The predicted molar refractivity (Wildman–Crippen MR) is 195 cm³/mol. The smallest absolute Gasteiger partial charge is 0.145 e. The SMILES string of the molecule is c1ccc(C2N=c3ccccc3=C(c3ccc(-c4ccc5c(c4)C4(c6ccccc6Sc6ccccc64)c4ccccc4-5)cc3)N2)cc1. The maximum absolute atomic E-state index is 5.05. The van der Waals surface area contributed by atoms with Gasteiger partial charge < -0.3 is 5.32 Å². The van der Waals surface area contributed by atoms with Crippen molar-refractivity contribution in [1.29, 1.82) is 0 Å². The molecular weight excluding hydrogens is 601 g/mol. The first-order valence-corrected chi connectivity index (χ1v) is 17.3. The van der Waals surface area contributed by atoms with E-state index in [9.17, 15) is 0 Å². The number of para-hydroxylation sites is 1. The number of fused-ring (bicyclic) bond motifs is 10. The van der Waals surface area contributed by atoms with Crippen LogP contribution < -0.4 is 15.9 Å². The number of hydrogen-bond acceptors (Lipinski definition) is 3. The Bertz CT molecular complexity index is 2470. The molecule has 7 aromatic carbocycles. The number of benzene rings is 7. The van der Waals surface area contributed by atoms with Gasteiger partial charge in [0, 0.05) is 15.0 Å². The van der Waals surface area contributed by atoms with Crippen molar-refractivity contribution in [3.8, 4) is 22.3 Å². The zero-order valence-electron chi connectivity index (χ0n) is 26.1. The van der Waals surface area contributed by atoms with Crippen molar-refractivity contribution in [2.75, 3.05) is 0 Å². The Balaban J connectivity index is 1.12. The van der Waals surface area contributed by atoms with E-state index >= 15 is 0 Å². The van der Waals surface area contributed by atoms with Crippen molar-refractivity contribution in [2.45, 2.75) is 21.4 Å². The molecule has 3 heteroatoms. The van der Waals surface area contributed by atoms with Gasteiger partial charge in [0.15, 0.2) is 0 Å². The molecule has 7 aromatic rings. The van der Waals surface area contributed by atoms with Gasteiger partial charge in [0.1, 0.15) is 6.17 Å². The van der Waals surface area contributed by atoms with Crippen LogP contribution in [0.4, 0.5) is 0 Å². The van der Waals surface area contributed by atoms with E-state index in [0.717, 1.165) is 27.4 Å². The van der Waals surface area contributed by atoms with Crippen LogP contribution in [-0.2, 0) is 5.41 Å². The maximum atomic E-state index is 5.05. The highest BCUT2D eigenvalue weighted by atomic mass is 32.2. The highest BCUT2D eigenvalue weighted by Gasteiger charge is 2.50. The van der Waals surface area contributed by atoms with Gasteiger partial charge in [0.2, 0.25) is 0 Å². The minimum absolute atomic E-state index is 0.135. The quantitative estimate of drug-likeness (QED) is 0.210. The second-order valence-electron chi connectivity index (χ2n) is 12.7. The van der Waals surface area contributed by atoms with E-state index in [0.29, 0.717) is 0 Å². The van der Waals surface area contributed by atoms with Gasteiger partial charge in [-0.05, 0) is 79.9 Å². The second-order valence-corrected chi connectivity index (χ2v) is 13.8. The van der Waals surface area contributed by atoms with Gasteiger partial charge in [-0.15, -0.1) is 0 Å². The summed E-state index contributed by atoms with van der Waals surface area (Å²) in [4.78, 5) is 7.70. The number of rotatable bonds is 3. The predicted octanol–water partition coefficient (Wildman–Crippen LogP) is 9.26. The lowest BCUT2D eigenvalue weighted by Crippen LogP contribution is -2.39. The Morgan fingerprint density at radius 3 is 1.83 bits per heavy atom. The van der Waals surface area contributed by atoms with Crippen molar-refractivity contribution in [3.05, 3.63) is 214 Å². The molecule has 226 valence electrons. The molecule has 2 aliphatic heterocycles. The minimum Gasteiger partial charge on any atom is -0.359 e. The summed E-state index contributed by atoms with van der Waals surface area (Å²) in [5.41, 5.74) is 13.6. The Morgan fingerprint density at radius 2 is 1.06 bits per heavy atom. The summed E-state index contributed by atoms with van der Waals surface area (Å²) in [5.74, 6) is 0. The molecule has 0 fully saturated rings. The Morgan fingerprint density at radius 1 is 0.479 bits per heavy atom. The lowest BCUT2D eigenvalue weighted by Gasteiger charge is -2.39. The highest BCUT2D eigenvalue weighted by molar-refractivity contribution is 7.99. The van der Waals surface area contributed by atoms with Gasteiger partial charge in [-0.3, -0.25) is 4.99 Å². The Hall–Kier alpha value is -5.64. The second kappa shape index (κ2) is 10.7. The van der Waals surface area contributed by atoms with Crippen molar-refractivity contribution < 1.29 is 0 Å². The van der Waals surface area contributed by atoms with Crippen LogP contribution in [0.5, 0.6) is 0 Å². The van der Waals surface area contributed by atoms with Crippen molar-refractivity contribution in [2.24, 2.45) is 4.99 Å². The molecule has 2 heterocycles. The minimum atomic E-state index is -0.373. The largest absolute Gasteiger partial charge is 0.359 e. The molecule has 0 bridgehead atoms. The molecule has 1 N–H and O–H groups in total. The van der Waals surface area contributed by atoms with E-state index in [2.05, 4.69) is 169 Å². The summed E-state index contributed by atoms with van der Waals surface area (Å²) < 4.78 is 0. The van der Waals surface area contributed by atoms with E-state index in [1.54, 1.807) is 0 Å². The van der Waals surface area contributed by atoms with Gasteiger partial charge >= 0.3 is 0 Å². The average molecular weight is 631 g/mol. The number of hydrogen-bond donors (Lipinski definition) is 1. The summed E-state index contributed by atoms with van der Waals surface area (Å²) in [6.07, 6.45) is -0.135. The lowest BCUT2D eigenvalue weighted by atomic mass is 9.67. The molecule has 1 atom stereocenters. The Kier molecular flexibility index (Phi) is 6.12. The molecule has 3 aliphatic rings. The van der Waals surface area contributed by atoms with Gasteiger partial charge in [-0.25, -0.2) is 0 Å². The first-order valence-electron chi connectivity index (χ1n) is 16.5. The molecule has 0 aromatic heterocycles. The molecule has 0 radical (unpaired) electrons. The molecular formula is C45H30N2S. The topological polar surface area (TPSA) is 24.4 Å². The van der Waals surface area contributed by atoms with Crippen LogP contribution in [-0.4, -0.2) is 0 Å². The van der Waals surface area contributed by atoms with E-state index in [1.807, 2.05) is 17.8 Å². The molecule has 0 saturated heterocycles. The standard InChI is InChI=1S/C45H30N2S/c1-2-12-31(13-3-1)44-46-40-19-9-5-15-35(40)43(47-44)30-24-22-29(23-25-30)32-26-27-34-33-14-4-6-16-36(33)45(39(34)28-32)37-17-7-10-20-41(37)48-42-21-11-8-18-38(42)45/h1-28,44,47H. The van der Waals surface area contributed by atoms with Crippen molar-refractivity contribution >= 4 is 17.5 Å². The van der Waals surface area contributed by atoms with Gasteiger partial charge in [-0.2, -0.15) is 0 Å². The highest BCUT2D eigenvalue weighted by Crippen LogP contribution is 2.62. The zero-order valence-corrected chi connectivity index (χ0v) is 26.9. The number of nitrogens with zero attached hydrogens (tertiary/aromatic N) is 1. The Labute approximate surface area is 284 Å². The molecule has 0 amide bonds. The molecule has 0 saturated carbocycles. The fraction of sp³-hybridized carbons (Fsp3) is 0.0444. The third kappa shape index (κ3) is 3.98. The van der Waals surface area contributed by atoms with Gasteiger partial charge in [0.25, 0.3) is 0 Å². The first kappa shape index (κ1) is 27.5. The fourth-order valence-electron chi connectivity index (χ4n) is 8.08. The van der Waals surface area contributed by atoms with Crippen LogP contribution in [0, 0.1) is 0 Å². The van der Waals surface area contributed by atoms with E-state index in [1.165, 1.54) is 54.3 Å². The van der Waals surface area contributed by atoms with E-state index < -0.39 is 0 Å². The van der Waals surface area contributed by atoms with Crippen molar-refractivity contribution in [1.82, 2.24) is 5.32 Å². The van der Waals surface area contributed by atoms with Crippen LogP contribution in [0.1, 0.15) is 39.5 Å². The summed E-state index contributed by atoms with van der Waals surface area (Å²) in [6, 6.07) is 62.0. The summed E-state index contributed by atoms with van der Waals surface area (Å²) in [6.45, 7) is 0. The fourth-order valence-corrected chi connectivity index (χ4v) is 9.27. The number of nitrogens with one attached hydrogen (secondary N) is 1. The van der Waals surface area contributed by atoms with Crippen LogP contribution in [0.25, 0.3) is 28.0 Å². The summed E-state index contributed by atoms with van der Waals surface area (Å²) in [5, 5.41) is 5.89. The molecule has 2 nitrogen and oxygen atoms in total. The molecule has 10 rings (SSSR count). The van der Waals surface area contributed by atoms with Crippen LogP contribution in [0.15, 0.2) is 185 Å². The van der Waals surface area contributed by atoms with Gasteiger partial charge in [-0.1, -0.05) is 157 Å². The first-order chi connectivity index (χ1) is 23.8. The molecule has 1 unspecified atom stereocenters. The summed E-state index contributed by atoms with van der Waals surface area (Å²) >= 11 is 1.89. The third-order valence-corrected chi connectivity index (χ3v) is 11.3. The zero-order chi connectivity index (χ0) is 31.7. The van der Waals surface area contributed by atoms with E-state index in [-0.39, 0.29) is 11.6 Å². The average Bonchev–Trinajstić information content (AvgIpc) is 3.45. The monoisotopic (exact) mass is 630 g/mol. The summed E-state index contributed by atoms with van der Waals surface area (Å²) in [7, 11) is 0. The van der Waals surface area contributed by atoms with Crippen molar-refractivity contribution in [3.63, 3.8) is 0 Å². The lowest BCUT2D eigenvalue weighted by molar-refractivity contribution is 0.634. The van der Waals surface area contributed by atoms with Gasteiger partial charge in [0.05, 0.1) is 16.5 Å². The molecule has 48 heavy (non-hydrogen) atoms. The molecule has 1 spiro atoms. The molecule has 1 aliphatic carbocycles. The van der Waals surface area contributed by atoms with Crippen LogP contribution in [0.2, 0.25) is 0 Å². The third-order valence-electron chi connectivity index (χ3n) is 10.2. The van der Waals surface area contributed by atoms with Crippen LogP contribution >= 0.6 is 11.8 Å².